The number of hydrogen-bond acceptors (Lipinski definition) is 15. The molecule has 5 atom stereocenters. The quantitative estimate of drug-likeness (QED) is 0.0169. The van der Waals surface area contributed by atoms with Crippen LogP contribution in [0.4, 0.5) is 0 Å². The number of ether oxygens (including phenoxy) is 4. The van der Waals surface area contributed by atoms with Crippen molar-refractivity contribution in [3.8, 4) is 0 Å². The number of unbranched alkanes of at least 4 members (excludes halogenated alkanes) is 25. The summed E-state index contributed by atoms with van der Waals surface area (Å²) in [5.41, 5.74) is 0. The van der Waals surface area contributed by atoms with Gasteiger partial charge in [-0.1, -0.05) is 283 Å². The monoisotopic (exact) mass is 1470 g/mol. The number of phosphoric acid groups is 2. The lowest BCUT2D eigenvalue weighted by Gasteiger charge is -2.21. The summed E-state index contributed by atoms with van der Waals surface area (Å²) in [5, 5.41) is 10.6. The third-order valence-corrected chi connectivity index (χ3v) is 18.0. The van der Waals surface area contributed by atoms with Gasteiger partial charge in [-0.25, -0.2) is 9.13 Å². The number of esters is 4. The molecule has 0 saturated carbocycles. The Kier molecular flexibility index (Phi) is 71.0. The van der Waals surface area contributed by atoms with Crippen molar-refractivity contribution in [1.29, 1.82) is 0 Å². The first-order valence-electron chi connectivity index (χ1n) is 39.4. The lowest BCUT2D eigenvalue weighted by atomic mass is 10.0. The molecule has 19 heteroatoms. The maximum Gasteiger partial charge on any atom is 0.472 e. The van der Waals surface area contributed by atoms with Crippen LogP contribution in [-0.4, -0.2) is 96.7 Å². The molecule has 0 rings (SSSR count). The van der Waals surface area contributed by atoms with Crippen molar-refractivity contribution in [2.45, 2.75) is 329 Å². The van der Waals surface area contributed by atoms with E-state index >= 15 is 0 Å². The van der Waals surface area contributed by atoms with Crippen LogP contribution >= 0.6 is 15.6 Å². The molecule has 0 saturated heterocycles. The van der Waals surface area contributed by atoms with Crippen LogP contribution in [0, 0.1) is 0 Å². The second-order valence-electron chi connectivity index (χ2n) is 25.9. The molecule has 0 aliphatic rings. The van der Waals surface area contributed by atoms with Gasteiger partial charge in [-0.05, 0) is 135 Å². The standard InChI is InChI=1S/C83H140O17P2/c1-5-9-13-17-21-25-29-33-36-37-38-39-42-45-48-52-56-60-64-68-81(86)94-74-79(100-83(88)70-66-62-58-54-50-46-41-35-31-27-23-19-15-11-7-3)76-98-102(91,92)96-72-77(84)71-95-101(89,90)97-75-78(99-82(87)69-65-61-57-53-49-43-32-28-24-20-16-12-8-4)73-93-80(85)67-63-59-55-51-47-44-40-34-30-26-22-18-14-10-6-2/h9-10,13-14,16,20-22,25-26,28,32-34,36,38-40,45,47-48,51,77-79,84H,5-8,11-12,15,17-19,23-24,27,29-31,35,37,41-44,46,49-50,52-76H2,1-4H3,(H,89,90)(H,91,92)/b13-9-,14-10-,20-16-,25-21-,26-22-,32-28-,36-33-,39-38-,40-34-,48-45-,51-47-. The number of phosphoric ester groups is 2. The molecule has 3 N–H and O–H groups in total. The third-order valence-electron chi connectivity index (χ3n) is 16.1. The summed E-state index contributed by atoms with van der Waals surface area (Å²) in [5.74, 6) is -2.27. The number of carbonyl (C=O) groups is 4. The minimum absolute atomic E-state index is 0.0663. The van der Waals surface area contributed by atoms with Crippen LogP contribution in [0.2, 0.25) is 0 Å². The molecule has 102 heavy (non-hydrogen) atoms. The van der Waals surface area contributed by atoms with Gasteiger partial charge in [0.05, 0.1) is 26.4 Å². The molecule has 584 valence electrons. The van der Waals surface area contributed by atoms with Crippen molar-refractivity contribution in [2.75, 3.05) is 39.6 Å². The molecule has 0 aromatic heterocycles. The van der Waals surface area contributed by atoms with E-state index in [-0.39, 0.29) is 25.7 Å². The van der Waals surface area contributed by atoms with Gasteiger partial charge in [0.15, 0.2) is 12.2 Å². The lowest BCUT2D eigenvalue weighted by Crippen LogP contribution is -2.30. The second-order valence-corrected chi connectivity index (χ2v) is 28.8. The third kappa shape index (κ3) is 73.5. The van der Waals surface area contributed by atoms with Crippen LogP contribution in [0.1, 0.15) is 310 Å². The largest absolute Gasteiger partial charge is 0.472 e. The van der Waals surface area contributed by atoms with Crippen LogP contribution in [0.5, 0.6) is 0 Å². The Bertz CT molecular complexity index is 2460. The highest BCUT2D eigenvalue weighted by molar-refractivity contribution is 7.47. The van der Waals surface area contributed by atoms with Gasteiger partial charge in [0.25, 0.3) is 0 Å². The summed E-state index contributed by atoms with van der Waals surface area (Å²) in [4.78, 5) is 72.9. The molecule has 0 heterocycles. The molecular weight excluding hydrogens is 1330 g/mol. The van der Waals surface area contributed by atoms with Crippen molar-refractivity contribution in [2.24, 2.45) is 0 Å². The lowest BCUT2D eigenvalue weighted by molar-refractivity contribution is -0.161. The maximum atomic E-state index is 13.1. The van der Waals surface area contributed by atoms with Crippen LogP contribution in [-0.2, 0) is 65.4 Å². The first-order valence-corrected chi connectivity index (χ1v) is 42.4. The van der Waals surface area contributed by atoms with Crippen LogP contribution in [0.25, 0.3) is 0 Å². The smallest absolute Gasteiger partial charge is 0.462 e. The van der Waals surface area contributed by atoms with Gasteiger partial charge in [-0.15, -0.1) is 0 Å². The molecule has 0 bridgehead atoms. The Labute approximate surface area is 618 Å². The molecule has 0 aliphatic heterocycles. The fraction of sp³-hybridized carbons (Fsp3) is 0.687. The summed E-state index contributed by atoms with van der Waals surface area (Å²) < 4.78 is 68.5. The van der Waals surface area contributed by atoms with E-state index in [0.717, 1.165) is 167 Å². The van der Waals surface area contributed by atoms with Gasteiger partial charge in [0, 0.05) is 25.7 Å². The molecule has 0 aromatic rings. The minimum Gasteiger partial charge on any atom is -0.462 e. The molecule has 0 radical (unpaired) electrons. The minimum atomic E-state index is -4.99. The fourth-order valence-corrected chi connectivity index (χ4v) is 11.7. The number of hydrogen-bond donors (Lipinski definition) is 3. The first kappa shape index (κ1) is 97.2. The summed E-state index contributed by atoms with van der Waals surface area (Å²) in [7, 11) is -9.98. The van der Waals surface area contributed by atoms with E-state index in [2.05, 4.69) is 161 Å². The highest BCUT2D eigenvalue weighted by Crippen LogP contribution is 2.45. The number of aliphatic hydroxyl groups is 1. The normalized spacial score (nSPS) is 14.6. The number of aliphatic hydroxyl groups excluding tert-OH is 1. The summed E-state index contributed by atoms with van der Waals surface area (Å²) in [6, 6.07) is 0. The Balaban J connectivity index is 5.41. The van der Waals surface area contributed by atoms with Crippen molar-refractivity contribution in [1.82, 2.24) is 0 Å². The van der Waals surface area contributed by atoms with E-state index in [4.69, 9.17) is 37.0 Å². The van der Waals surface area contributed by atoms with Crippen molar-refractivity contribution < 1.29 is 80.2 Å². The van der Waals surface area contributed by atoms with Crippen LogP contribution in [0.15, 0.2) is 134 Å². The Morgan fingerprint density at radius 3 is 0.853 bits per heavy atom. The number of carbonyl (C=O) groups excluding carboxylic acids is 4. The molecule has 0 spiro atoms. The molecule has 0 aromatic carbocycles. The second kappa shape index (κ2) is 74.5. The number of allylic oxidation sites excluding steroid dienone is 22. The van der Waals surface area contributed by atoms with E-state index in [9.17, 15) is 43.2 Å². The van der Waals surface area contributed by atoms with Gasteiger partial charge < -0.3 is 33.8 Å². The first-order chi connectivity index (χ1) is 49.7. The zero-order valence-corrected chi connectivity index (χ0v) is 65.5. The zero-order valence-electron chi connectivity index (χ0n) is 63.7. The van der Waals surface area contributed by atoms with E-state index in [1.807, 2.05) is 0 Å². The predicted octanol–water partition coefficient (Wildman–Crippen LogP) is 22.9. The van der Waals surface area contributed by atoms with E-state index in [1.165, 1.54) is 64.2 Å². The molecule has 0 fully saturated rings. The summed E-state index contributed by atoms with van der Waals surface area (Å²) in [6.45, 7) is 4.49. The molecule has 17 nitrogen and oxygen atoms in total. The maximum absolute atomic E-state index is 13.1. The van der Waals surface area contributed by atoms with Gasteiger partial charge in [0.2, 0.25) is 0 Å². The van der Waals surface area contributed by atoms with Gasteiger partial charge in [0.1, 0.15) is 19.3 Å². The Morgan fingerprint density at radius 1 is 0.284 bits per heavy atom. The molecule has 0 amide bonds. The van der Waals surface area contributed by atoms with Crippen molar-refractivity contribution in [3.05, 3.63) is 134 Å². The predicted molar refractivity (Wildman–Crippen MR) is 418 cm³/mol. The van der Waals surface area contributed by atoms with E-state index in [1.54, 1.807) is 0 Å². The van der Waals surface area contributed by atoms with Gasteiger partial charge >= 0.3 is 39.5 Å². The Morgan fingerprint density at radius 2 is 0.529 bits per heavy atom. The van der Waals surface area contributed by atoms with Gasteiger partial charge in [-0.2, -0.15) is 0 Å². The highest BCUT2D eigenvalue weighted by Gasteiger charge is 2.30. The SMILES string of the molecule is CC/C=C\C/C=C\C/C=C\C/C=C\C/C=C\CCCCCC(=O)OCC(COP(=O)(O)OCC(O)COP(=O)(O)OCC(COC(=O)CCCC/C=C\C/C=C\C/C=C\C/C=C\CC)OC(=O)CCCCCCC/C=C\C/C=C\CCC)OC(=O)CCCCCCCCCCCCCCCCC. The highest BCUT2D eigenvalue weighted by atomic mass is 31.2. The topological polar surface area (TPSA) is 237 Å². The molecule has 0 aliphatic carbocycles. The summed E-state index contributed by atoms with van der Waals surface area (Å²) in [6.07, 6.45) is 83.0. The molecular formula is C83H140O17P2. The fourth-order valence-electron chi connectivity index (χ4n) is 10.2. The average Bonchev–Trinajstić information content (AvgIpc) is 0.924. The van der Waals surface area contributed by atoms with E-state index < -0.39 is 97.5 Å². The van der Waals surface area contributed by atoms with Crippen LogP contribution < -0.4 is 0 Å². The average molecular weight is 1470 g/mol. The van der Waals surface area contributed by atoms with Gasteiger partial charge in [-0.3, -0.25) is 37.3 Å². The number of rotatable bonds is 73. The zero-order chi connectivity index (χ0) is 74.6. The van der Waals surface area contributed by atoms with E-state index in [0.29, 0.717) is 25.7 Å². The van der Waals surface area contributed by atoms with Crippen molar-refractivity contribution in [3.63, 3.8) is 0 Å². The van der Waals surface area contributed by atoms with Crippen LogP contribution in [0.3, 0.4) is 0 Å². The van der Waals surface area contributed by atoms with Crippen molar-refractivity contribution >= 4 is 39.5 Å². The summed E-state index contributed by atoms with van der Waals surface area (Å²) >= 11 is 0. The Hall–Kier alpha value is -4.80. The molecule has 5 unspecified atom stereocenters.